The number of nitrogens with zero attached hydrogens (tertiary/aromatic N) is 1. The Balaban J connectivity index is 1.94. The predicted molar refractivity (Wildman–Crippen MR) is 78.8 cm³/mol. The van der Waals surface area contributed by atoms with Gasteiger partial charge in [0.2, 0.25) is 5.91 Å². The van der Waals surface area contributed by atoms with Gasteiger partial charge in [0.15, 0.2) is 0 Å². The zero-order chi connectivity index (χ0) is 13.8. The van der Waals surface area contributed by atoms with Gasteiger partial charge >= 0.3 is 0 Å². The first-order valence-electron chi connectivity index (χ1n) is 7.27. The molecule has 3 nitrogen and oxygen atoms in total. The van der Waals surface area contributed by atoms with E-state index < -0.39 is 0 Å². The van der Waals surface area contributed by atoms with Gasteiger partial charge in [0.1, 0.15) is 0 Å². The van der Waals surface area contributed by atoms with E-state index in [0.29, 0.717) is 24.4 Å². The van der Waals surface area contributed by atoms with Gasteiger partial charge in [-0.2, -0.15) is 0 Å². The number of carbonyl (C=O) groups is 1. The fourth-order valence-electron chi connectivity index (χ4n) is 3.05. The summed E-state index contributed by atoms with van der Waals surface area (Å²) < 4.78 is 0. The van der Waals surface area contributed by atoms with Gasteiger partial charge in [0.25, 0.3) is 0 Å². The summed E-state index contributed by atoms with van der Waals surface area (Å²) in [7, 11) is 0. The molecule has 0 bridgehead atoms. The molecule has 0 saturated carbocycles. The first-order valence-corrected chi connectivity index (χ1v) is 7.27. The third kappa shape index (κ3) is 3.28. The van der Waals surface area contributed by atoms with Crippen molar-refractivity contribution in [2.45, 2.75) is 58.0 Å². The summed E-state index contributed by atoms with van der Waals surface area (Å²) in [5.41, 5.74) is 7.67. The van der Waals surface area contributed by atoms with E-state index in [9.17, 15) is 4.79 Å². The quantitative estimate of drug-likeness (QED) is 0.846. The van der Waals surface area contributed by atoms with E-state index in [1.54, 1.807) is 0 Å². The molecule has 1 amide bonds. The Morgan fingerprint density at radius 2 is 2.21 bits per heavy atom. The Bertz CT molecular complexity index is 444. The number of nitrogens with two attached hydrogens (primary N) is 1. The van der Waals surface area contributed by atoms with Crippen LogP contribution < -0.4 is 5.73 Å². The Hall–Kier alpha value is -1.51. The minimum atomic E-state index is 0.291. The van der Waals surface area contributed by atoms with Gasteiger partial charge in [-0.25, -0.2) is 0 Å². The number of hydrogen-bond acceptors (Lipinski definition) is 2. The van der Waals surface area contributed by atoms with Crippen LogP contribution in [0.1, 0.15) is 45.1 Å². The number of nitrogen functional groups attached to an aromatic ring is 1. The van der Waals surface area contributed by atoms with Gasteiger partial charge in [-0.1, -0.05) is 19.1 Å². The van der Waals surface area contributed by atoms with Crippen molar-refractivity contribution in [3.8, 4) is 0 Å². The minimum Gasteiger partial charge on any atom is -0.399 e. The summed E-state index contributed by atoms with van der Waals surface area (Å²) in [5, 5.41) is 0. The molecule has 0 aromatic heterocycles. The normalized spacial score (nSPS) is 22.7. The number of rotatable bonds is 4. The van der Waals surface area contributed by atoms with Crippen molar-refractivity contribution in [2.24, 2.45) is 0 Å². The van der Waals surface area contributed by atoms with Gasteiger partial charge in [-0.15, -0.1) is 0 Å². The van der Waals surface area contributed by atoms with Gasteiger partial charge in [0.05, 0.1) is 0 Å². The highest BCUT2D eigenvalue weighted by Gasteiger charge is 2.32. The molecule has 19 heavy (non-hydrogen) atoms. The second-order valence-electron chi connectivity index (χ2n) is 5.53. The molecule has 0 radical (unpaired) electrons. The lowest BCUT2D eigenvalue weighted by Gasteiger charge is -2.28. The highest BCUT2D eigenvalue weighted by atomic mass is 16.2. The second kappa shape index (κ2) is 6.09. The maximum atomic E-state index is 12.4. The highest BCUT2D eigenvalue weighted by molar-refractivity contribution is 5.77. The molecule has 1 saturated heterocycles. The van der Waals surface area contributed by atoms with E-state index in [1.807, 2.05) is 24.3 Å². The molecule has 1 aliphatic rings. The smallest absolute Gasteiger partial charge is 0.223 e. The maximum Gasteiger partial charge on any atom is 0.223 e. The van der Waals surface area contributed by atoms with Crippen LogP contribution in [0.15, 0.2) is 24.3 Å². The van der Waals surface area contributed by atoms with Gasteiger partial charge in [0, 0.05) is 24.2 Å². The summed E-state index contributed by atoms with van der Waals surface area (Å²) in [6, 6.07) is 8.66. The molecule has 2 rings (SSSR count). The van der Waals surface area contributed by atoms with Crippen molar-refractivity contribution in [1.82, 2.24) is 4.90 Å². The maximum absolute atomic E-state index is 12.4. The van der Waals surface area contributed by atoms with Gasteiger partial charge in [-0.05, 0) is 50.3 Å². The molecule has 2 atom stereocenters. The summed E-state index contributed by atoms with van der Waals surface area (Å²) in [6.07, 6.45) is 4.73. The molecular formula is C16H24N2O. The monoisotopic (exact) mass is 260 g/mol. The Morgan fingerprint density at radius 3 is 2.89 bits per heavy atom. The molecule has 0 spiro atoms. The van der Waals surface area contributed by atoms with Gasteiger partial charge < -0.3 is 10.6 Å². The molecule has 2 N–H and O–H groups in total. The van der Waals surface area contributed by atoms with Crippen molar-refractivity contribution in [3.63, 3.8) is 0 Å². The number of likely N-dealkylation sites (tertiary alicyclic amines) is 1. The van der Waals surface area contributed by atoms with E-state index in [4.69, 9.17) is 5.73 Å². The fourth-order valence-corrected chi connectivity index (χ4v) is 3.05. The van der Waals surface area contributed by atoms with Crippen molar-refractivity contribution < 1.29 is 4.79 Å². The van der Waals surface area contributed by atoms with E-state index in [-0.39, 0.29) is 0 Å². The zero-order valence-corrected chi connectivity index (χ0v) is 11.9. The van der Waals surface area contributed by atoms with E-state index in [2.05, 4.69) is 18.7 Å². The number of carbonyl (C=O) groups excluding carboxylic acids is 1. The van der Waals surface area contributed by atoms with Crippen molar-refractivity contribution >= 4 is 11.6 Å². The topological polar surface area (TPSA) is 46.3 Å². The Morgan fingerprint density at radius 1 is 1.42 bits per heavy atom. The molecular weight excluding hydrogens is 236 g/mol. The van der Waals surface area contributed by atoms with Crippen molar-refractivity contribution in [3.05, 3.63) is 29.8 Å². The largest absolute Gasteiger partial charge is 0.399 e. The highest BCUT2D eigenvalue weighted by Crippen LogP contribution is 2.27. The number of anilines is 1. The molecule has 104 valence electrons. The number of hydrogen-bond donors (Lipinski definition) is 1. The van der Waals surface area contributed by atoms with Crippen LogP contribution in [0.2, 0.25) is 0 Å². The SMILES string of the molecule is CCC1CCC(C)N1C(=O)CCc1cccc(N)c1. The molecule has 2 unspecified atom stereocenters. The van der Waals surface area contributed by atoms with Crippen LogP contribution >= 0.6 is 0 Å². The van der Waals surface area contributed by atoms with Crippen LogP contribution in [0, 0.1) is 0 Å². The molecule has 3 heteroatoms. The molecule has 0 aliphatic carbocycles. The van der Waals surface area contributed by atoms with E-state index in [1.165, 1.54) is 0 Å². The average Bonchev–Trinajstić information content (AvgIpc) is 2.77. The van der Waals surface area contributed by atoms with Crippen LogP contribution in [0.4, 0.5) is 5.69 Å². The molecule has 1 fully saturated rings. The number of aryl methyl sites for hydroxylation is 1. The first kappa shape index (κ1) is 13.9. The predicted octanol–water partition coefficient (Wildman–Crippen LogP) is 2.99. The Labute approximate surface area is 115 Å². The fraction of sp³-hybridized carbons (Fsp3) is 0.562. The molecule has 1 aromatic carbocycles. The lowest BCUT2D eigenvalue weighted by molar-refractivity contribution is -0.133. The van der Waals surface area contributed by atoms with Crippen LogP contribution in [0.5, 0.6) is 0 Å². The number of amides is 1. The van der Waals surface area contributed by atoms with E-state index >= 15 is 0 Å². The average molecular weight is 260 g/mol. The zero-order valence-electron chi connectivity index (χ0n) is 11.9. The molecule has 1 heterocycles. The van der Waals surface area contributed by atoms with Crippen molar-refractivity contribution in [1.29, 1.82) is 0 Å². The summed E-state index contributed by atoms with van der Waals surface area (Å²) in [4.78, 5) is 14.5. The molecule has 1 aliphatic heterocycles. The van der Waals surface area contributed by atoms with Crippen LogP contribution in [-0.2, 0) is 11.2 Å². The number of benzene rings is 1. The second-order valence-corrected chi connectivity index (χ2v) is 5.53. The Kier molecular flexibility index (Phi) is 4.46. The summed E-state index contributed by atoms with van der Waals surface area (Å²) >= 11 is 0. The third-order valence-corrected chi connectivity index (χ3v) is 4.12. The lowest BCUT2D eigenvalue weighted by atomic mass is 10.1. The lowest BCUT2D eigenvalue weighted by Crippen LogP contribution is -2.39. The summed E-state index contributed by atoms with van der Waals surface area (Å²) in [5.74, 6) is 0.291. The minimum absolute atomic E-state index is 0.291. The molecule has 1 aromatic rings. The third-order valence-electron chi connectivity index (χ3n) is 4.12. The van der Waals surface area contributed by atoms with Crippen LogP contribution in [0.25, 0.3) is 0 Å². The standard InChI is InChI=1S/C16H24N2O/c1-3-15-9-7-12(2)18(15)16(19)10-8-13-5-4-6-14(17)11-13/h4-6,11-12,15H,3,7-10,17H2,1-2H3. The van der Waals surface area contributed by atoms with Crippen LogP contribution in [0.3, 0.4) is 0 Å². The van der Waals surface area contributed by atoms with Crippen molar-refractivity contribution in [2.75, 3.05) is 5.73 Å². The van der Waals surface area contributed by atoms with Crippen LogP contribution in [-0.4, -0.2) is 22.9 Å². The summed E-state index contributed by atoms with van der Waals surface area (Å²) in [6.45, 7) is 4.33. The van der Waals surface area contributed by atoms with E-state index in [0.717, 1.165) is 36.9 Å². The van der Waals surface area contributed by atoms with Gasteiger partial charge in [-0.3, -0.25) is 4.79 Å². The first-order chi connectivity index (χ1) is 9.11.